The number of anilines is 3. The summed E-state index contributed by atoms with van der Waals surface area (Å²) < 4.78 is 1.75. The number of carbonyl (C=O) groups is 1. The van der Waals surface area contributed by atoms with E-state index in [9.17, 15) is 4.79 Å². The van der Waals surface area contributed by atoms with Crippen LogP contribution in [0.15, 0.2) is 66.9 Å². The summed E-state index contributed by atoms with van der Waals surface area (Å²) in [6.07, 6.45) is 1.77. The van der Waals surface area contributed by atoms with Crippen LogP contribution in [0.3, 0.4) is 0 Å². The summed E-state index contributed by atoms with van der Waals surface area (Å²) in [5.74, 6) is 0.580. The molecule has 0 aliphatic heterocycles. The number of benzene rings is 2. The van der Waals surface area contributed by atoms with E-state index in [1.54, 1.807) is 35.1 Å². The molecule has 30 heavy (non-hydrogen) atoms. The Morgan fingerprint density at radius 3 is 2.50 bits per heavy atom. The zero-order chi connectivity index (χ0) is 21.3. The zero-order valence-electron chi connectivity index (χ0n) is 17.2. The number of amides is 2. The maximum Gasteiger partial charge on any atom is 0.324 e. The van der Waals surface area contributed by atoms with E-state index in [1.165, 1.54) is 0 Å². The van der Waals surface area contributed by atoms with E-state index < -0.39 is 0 Å². The van der Waals surface area contributed by atoms with Crippen molar-refractivity contribution < 1.29 is 4.79 Å². The Hall–Kier alpha value is -3.87. The van der Waals surface area contributed by atoms with Crippen molar-refractivity contribution in [3.8, 4) is 5.69 Å². The first-order chi connectivity index (χ1) is 14.3. The average Bonchev–Trinajstić information content (AvgIpc) is 3.13. The summed E-state index contributed by atoms with van der Waals surface area (Å²) in [5, 5.41) is 11.5. The van der Waals surface area contributed by atoms with Gasteiger partial charge in [0, 0.05) is 34.4 Å². The van der Waals surface area contributed by atoms with Gasteiger partial charge in [0.15, 0.2) is 0 Å². The fourth-order valence-electron chi connectivity index (χ4n) is 3.07. The number of carbonyl (C=O) groups excluding carboxylic acids is 1. The van der Waals surface area contributed by atoms with Crippen molar-refractivity contribution in [2.24, 2.45) is 0 Å². The molecule has 0 radical (unpaired) electrons. The highest BCUT2D eigenvalue weighted by Crippen LogP contribution is 2.27. The summed E-state index contributed by atoms with van der Waals surface area (Å²) in [7, 11) is 0. The van der Waals surface area contributed by atoms with Gasteiger partial charge in [-0.2, -0.15) is 5.10 Å². The molecule has 2 amide bonds. The Kier molecular flexibility index (Phi) is 4.87. The number of nitrogens with two attached hydrogens (primary N) is 1. The number of hydrogen-bond acceptors (Lipinski definition) is 4. The average molecular weight is 400 g/mol. The van der Waals surface area contributed by atoms with Gasteiger partial charge in [0.1, 0.15) is 5.82 Å². The molecule has 4 aromatic rings. The third-order valence-electron chi connectivity index (χ3n) is 4.72. The monoisotopic (exact) mass is 400 g/mol. The molecule has 0 atom stereocenters. The molecule has 4 rings (SSSR count). The summed E-state index contributed by atoms with van der Waals surface area (Å²) in [6.45, 7) is 6.26. The Balaban J connectivity index is 1.68. The van der Waals surface area contributed by atoms with Crippen LogP contribution in [0.1, 0.15) is 26.5 Å². The number of fused-ring (bicyclic) bond motifs is 1. The Labute approximate surface area is 174 Å². The Morgan fingerprint density at radius 2 is 1.77 bits per heavy atom. The highest BCUT2D eigenvalue weighted by molar-refractivity contribution is 5.99. The van der Waals surface area contributed by atoms with Gasteiger partial charge in [-0.25, -0.2) is 9.48 Å². The minimum Gasteiger partial charge on any atom is -0.399 e. The second kappa shape index (κ2) is 7.51. The predicted molar refractivity (Wildman–Crippen MR) is 121 cm³/mol. The molecule has 7 heteroatoms. The first-order valence-corrected chi connectivity index (χ1v) is 9.69. The molecule has 2 aromatic carbocycles. The first-order valence-electron chi connectivity index (χ1n) is 9.69. The quantitative estimate of drug-likeness (QED) is 0.424. The van der Waals surface area contributed by atoms with Gasteiger partial charge >= 0.3 is 6.03 Å². The maximum absolute atomic E-state index is 12.6. The molecular formula is C23H24N6O. The minimum absolute atomic E-state index is 0.173. The van der Waals surface area contributed by atoms with Gasteiger partial charge < -0.3 is 11.1 Å². The Bertz CT molecular complexity index is 1200. The number of nitrogens with zero attached hydrogens (tertiary/aromatic N) is 3. The molecule has 0 bridgehead atoms. The molecule has 0 unspecified atom stereocenters. The standard InChI is InChI=1S/C23H24N6O/c1-23(2,3)20-14-21(27-22(30)26-17-8-6-16(24)7-9-17)29(28-20)18-10-11-19-15(13-18)5-4-12-25-19/h4-14H,24H2,1-3H3,(H2,26,27,30). The SMILES string of the molecule is CC(C)(C)c1cc(NC(=O)Nc2ccc(N)cc2)n(-c2ccc3ncccc3c2)n1. The van der Waals surface area contributed by atoms with E-state index in [0.717, 1.165) is 22.3 Å². The van der Waals surface area contributed by atoms with Crippen molar-refractivity contribution in [1.82, 2.24) is 14.8 Å². The molecule has 0 saturated carbocycles. The van der Waals surface area contributed by atoms with E-state index in [1.807, 2.05) is 36.4 Å². The maximum atomic E-state index is 12.6. The van der Waals surface area contributed by atoms with Crippen LogP contribution in [0.4, 0.5) is 22.0 Å². The van der Waals surface area contributed by atoms with Crippen LogP contribution in [0.5, 0.6) is 0 Å². The number of urea groups is 1. The van der Waals surface area contributed by atoms with Crippen LogP contribution in [-0.2, 0) is 5.41 Å². The fraction of sp³-hybridized carbons (Fsp3) is 0.174. The lowest BCUT2D eigenvalue weighted by molar-refractivity contribution is 0.262. The molecule has 152 valence electrons. The number of nitrogens with one attached hydrogen (secondary N) is 2. The van der Waals surface area contributed by atoms with Gasteiger partial charge in [0.25, 0.3) is 0 Å². The summed E-state index contributed by atoms with van der Waals surface area (Å²) in [5.41, 5.74) is 9.44. The predicted octanol–water partition coefficient (Wildman–Crippen LogP) is 4.94. The topological polar surface area (TPSA) is 97.9 Å². The summed E-state index contributed by atoms with van der Waals surface area (Å²) in [4.78, 5) is 17.0. The molecule has 0 aliphatic rings. The van der Waals surface area contributed by atoms with E-state index >= 15 is 0 Å². The van der Waals surface area contributed by atoms with Crippen molar-refractivity contribution in [2.45, 2.75) is 26.2 Å². The minimum atomic E-state index is -0.358. The highest BCUT2D eigenvalue weighted by atomic mass is 16.2. The lowest BCUT2D eigenvalue weighted by atomic mass is 9.92. The number of hydrogen-bond donors (Lipinski definition) is 3. The fourth-order valence-corrected chi connectivity index (χ4v) is 3.07. The summed E-state index contributed by atoms with van der Waals surface area (Å²) >= 11 is 0. The molecule has 0 aliphatic carbocycles. The second-order valence-electron chi connectivity index (χ2n) is 8.16. The lowest BCUT2D eigenvalue weighted by Crippen LogP contribution is -2.21. The number of aromatic nitrogens is 3. The van der Waals surface area contributed by atoms with Crippen molar-refractivity contribution in [2.75, 3.05) is 16.4 Å². The number of pyridine rings is 1. The molecule has 2 aromatic heterocycles. The molecule has 4 N–H and O–H groups in total. The third-order valence-corrected chi connectivity index (χ3v) is 4.72. The van der Waals surface area contributed by atoms with Gasteiger partial charge in [-0.1, -0.05) is 26.8 Å². The summed E-state index contributed by atoms with van der Waals surface area (Å²) in [6, 6.07) is 18.3. The van der Waals surface area contributed by atoms with E-state index in [4.69, 9.17) is 10.8 Å². The molecule has 7 nitrogen and oxygen atoms in total. The molecule has 0 fully saturated rings. The van der Waals surface area contributed by atoms with Crippen LogP contribution >= 0.6 is 0 Å². The van der Waals surface area contributed by atoms with Gasteiger partial charge in [-0.05, 0) is 48.5 Å². The molecule has 0 saturated heterocycles. The normalized spacial score (nSPS) is 11.4. The van der Waals surface area contributed by atoms with Crippen molar-refractivity contribution in [3.05, 3.63) is 72.6 Å². The van der Waals surface area contributed by atoms with Crippen LogP contribution in [0, 0.1) is 0 Å². The van der Waals surface area contributed by atoms with Gasteiger partial charge in [0.05, 0.1) is 16.9 Å². The van der Waals surface area contributed by atoms with E-state index in [-0.39, 0.29) is 11.4 Å². The van der Waals surface area contributed by atoms with Crippen LogP contribution in [-0.4, -0.2) is 20.8 Å². The first kappa shape index (κ1) is 19.4. The third kappa shape index (κ3) is 4.10. The highest BCUT2D eigenvalue weighted by Gasteiger charge is 2.21. The molecule has 0 spiro atoms. The smallest absolute Gasteiger partial charge is 0.324 e. The van der Waals surface area contributed by atoms with E-state index in [0.29, 0.717) is 17.2 Å². The van der Waals surface area contributed by atoms with Crippen LogP contribution in [0.2, 0.25) is 0 Å². The lowest BCUT2D eigenvalue weighted by Gasteiger charge is -2.14. The molecular weight excluding hydrogens is 376 g/mol. The van der Waals surface area contributed by atoms with Crippen LogP contribution in [0.25, 0.3) is 16.6 Å². The molecule has 2 heterocycles. The second-order valence-corrected chi connectivity index (χ2v) is 8.16. The van der Waals surface area contributed by atoms with Crippen molar-refractivity contribution in [1.29, 1.82) is 0 Å². The van der Waals surface area contributed by atoms with Gasteiger partial charge in [0.2, 0.25) is 0 Å². The van der Waals surface area contributed by atoms with Crippen LogP contribution < -0.4 is 16.4 Å². The van der Waals surface area contributed by atoms with Crippen molar-refractivity contribution in [3.63, 3.8) is 0 Å². The largest absolute Gasteiger partial charge is 0.399 e. The number of rotatable bonds is 3. The van der Waals surface area contributed by atoms with E-state index in [2.05, 4.69) is 36.4 Å². The zero-order valence-corrected chi connectivity index (χ0v) is 17.2. The van der Waals surface area contributed by atoms with Gasteiger partial charge in [-0.15, -0.1) is 0 Å². The van der Waals surface area contributed by atoms with Gasteiger partial charge in [-0.3, -0.25) is 10.3 Å². The number of nitrogen functional groups attached to an aromatic ring is 1. The van der Waals surface area contributed by atoms with Crippen molar-refractivity contribution >= 4 is 34.1 Å². The Morgan fingerprint density at radius 1 is 1.00 bits per heavy atom.